The van der Waals surface area contributed by atoms with Crippen molar-refractivity contribution in [3.05, 3.63) is 28.8 Å². The lowest BCUT2D eigenvalue weighted by molar-refractivity contribution is 0.285. The highest BCUT2D eigenvalue weighted by Crippen LogP contribution is 2.29. The molecule has 4 heteroatoms. The molecule has 2 rings (SSSR count). The van der Waals surface area contributed by atoms with Crippen LogP contribution in [0, 0.1) is 5.92 Å². The molecule has 0 radical (unpaired) electrons. The first-order valence-electron chi connectivity index (χ1n) is 7.99. The smallest absolute Gasteiger partial charge is 0.0426 e. The van der Waals surface area contributed by atoms with E-state index in [9.17, 15) is 0 Å². The van der Waals surface area contributed by atoms with Crippen LogP contribution in [0.3, 0.4) is 0 Å². The Kier molecular flexibility index (Phi) is 6.34. The molecule has 1 heterocycles. The average Bonchev–Trinajstić information content (AvgIpc) is 2.46. The van der Waals surface area contributed by atoms with Crippen molar-refractivity contribution < 1.29 is 0 Å². The molecule has 1 N–H and O–H groups in total. The predicted octanol–water partition coefficient (Wildman–Crippen LogP) is 3.23. The van der Waals surface area contributed by atoms with E-state index in [0.29, 0.717) is 0 Å². The molecule has 0 aromatic heterocycles. The van der Waals surface area contributed by atoms with E-state index in [1.54, 1.807) is 0 Å². The average molecular weight is 310 g/mol. The molecule has 0 amide bonds. The Balaban J connectivity index is 2.03. The standard InChI is InChI=1S/C17H28ClN3/c1-4-19-12-15-5-6-16(18)11-17(15)21-9-7-14(8-10-21)13-20(2)3/h5-6,11,14,19H,4,7-10,12-13H2,1-3H3. The van der Waals surface area contributed by atoms with Crippen LogP contribution in [0.25, 0.3) is 0 Å². The summed E-state index contributed by atoms with van der Waals surface area (Å²) in [4.78, 5) is 4.81. The number of halogens is 1. The summed E-state index contributed by atoms with van der Waals surface area (Å²) >= 11 is 6.21. The topological polar surface area (TPSA) is 18.5 Å². The molecule has 0 unspecified atom stereocenters. The van der Waals surface area contributed by atoms with Crippen molar-refractivity contribution in [2.75, 3.05) is 45.2 Å². The second-order valence-electron chi connectivity index (χ2n) is 6.25. The van der Waals surface area contributed by atoms with Crippen LogP contribution in [0.15, 0.2) is 18.2 Å². The van der Waals surface area contributed by atoms with Crippen molar-refractivity contribution in [1.82, 2.24) is 10.2 Å². The van der Waals surface area contributed by atoms with Gasteiger partial charge in [0.2, 0.25) is 0 Å². The van der Waals surface area contributed by atoms with Crippen LogP contribution in [-0.4, -0.2) is 45.2 Å². The second-order valence-corrected chi connectivity index (χ2v) is 6.68. The van der Waals surface area contributed by atoms with E-state index in [0.717, 1.165) is 37.1 Å². The maximum absolute atomic E-state index is 6.21. The molecule has 1 aliphatic heterocycles. The van der Waals surface area contributed by atoms with Crippen molar-refractivity contribution >= 4 is 17.3 Å². The molecule has 0 aliphatic carbocycles. The summed E-state index contributed by atoms with van der Waals surface area (Å²) in [5, 5.41) is 4.26. The molecule has 1 fully saturated rings. The number of hydrogen-bond acceptors (Lipinski definition) is 3. The van der Waals surface area contributed by atoms with Gasteiger partial charge in [-0.3, -0.25) is 0 Å². The van der Waals surface area contributed by atoms with Gasteiger partial charge in [-0.25, -0.2) is 0 Å². The third-order valence-electron chi connectivity index (χ3n) is 4.19. The lowest BCUT2D eigenvalue weighted by Gasteiger charge is -2.36. The minimum atomic E-state index is 0.827. The number of piperidine rings is 1. The number of nitrogens with zero attached hydrogens (tertiary/aromatic N) is 2. The van der Waals surface area contributed by atoms with Gasteiger partial charge in [0.1, 0.15) is 0 Å². The molecule has 0 atom stereocenters. The van der Waals surface area contributed by atoms with E-state index in [1.807, 2.05) is 6.07 Å². The largest absolute Gasteiger partial charge is 0.371 e. The second kappa shape index (κ2) is 8.02. The lowest BCUT2D eigenvalue weighted by Crippen LogP contribution is -2.37. The van der Waals surface area contributed by atoms with Crippen LogP contribution >= 0.6 is 11.6 Å². The van der Waals surface area contributed by atoms with Crippen LogP contribution in [0.2, 0.25) is 5.02 Å². The summed E-state index contributed by atoms with van der Waals surface area (Å²) in [5.41, 5.74) is 2.67. The summed E-state index contributed by atoms with van der Waals surface area (Å²) in [7, 11) is 4.33. The van der Waals surface area contributed by atoms with E-state index in [4.69, 9.17) is 11.6 Å². The highest BCUT2D eigenvalue weighted by atomic mass is 35.5. The minimum absolute atomic E-state index is 0.827. The summed E-state index contributed by atoms with van der Waals surface area (Å²) in [6.07, 6.45) is 2.54. The number of rotatable bonds is 6. The first-order chi connectivity index (χ1) is 10.1. The molecule has 1 aliphatic rings. The van der Waals surface area contributed by atoms with Gasteiger partial charge in [0.05, 0.1) is 0 Å². The van der Waals surface area contributed by atoms with Crippen LogP contribution in [-0.2, 0) is 6.54 Å². The summed E-state index contributed by atoms with van der Waals surface area (Å²) in [6.45, 7) is 7.53. The van der Waals surface area contributed by atoms with Crippen LogP contribution in [0.5, 0.6) is 0 Å². The first-order valence-corrected chi connectivity index (χ1v) is 8.36. The normalized spacial score (nSPS) is 16.7. The van der Waals surface area contributed by atoms with Gasteiger partial charge < -0.3 is 15.1 Å². The first kappa shape index (κ1) is 16.6. The molecule has 0 bridgehead atoms. The van der Waals surface area contributed by atoms with Gasteiger partial charge in [0.15, 0.2) is 0 Å². The summed E-state index contributed by atoms with van der Waals surface area (Å²) in [5.74, 6) is 0.827. The zero-order valence-electron chi connectivity index (χ0n) is 13.5. The van der Waals surface area contributed by atoms with Crippen LogP contribution in [0.4, 0.5) is 5.69 Å². The molecular weight excluding hydrogens is 282 g/mol. The minimum Gasteiger partial charge on any atom is -0.371 e. The molecular formula is C17H28ClN3. The molecule has 21 heavy (non-hydrogen) atoms. The maximum atomic E-state index is 6.21. The predicted molar refractivity (Wildman–Crippen MR) is 92.3 cm³/mol. The third-order valence-corrected chi connectivity index (χ3v) is 4.43. The zero-order valence-corrected chi connectivity index (χ0v) is 14.3. The van der Waals surface area contributed by atoms with E-state index in [1.165, 1.54) is 30.6 Å². The fourth-order valence-electron chi connectivity index (χ4n) is 3.11. The van der Waals surface area contributed by atoms with E-state index in [-0.39, 0.29) is 0 Å². The Hall–Kier alpha value is -0.770. The Morgan fingerprint density at radius 2 is 2.00 bits per heavy atom. The highest BCUT2D eigenvalue weighted by molar-refractivity contribution is 6.30. The van der Waals surface area contributed by atoms with Gasteiger partial charge in [0, 0.05) is 36.9 Å². The van der Waals surface area contributed by atoms with E-state index >= 15 is 0 Å². The van der Waals surface area contributed by atoms with Crippen molar-refractivity contribution in [2.45, 2.75) is 26.3 Å². The van der Waals surface area contributed by atoms with Crippen molar-refractivity contribution in [3.63, 3.8) is 0 Å². The van der Waals surface area contributed by atoms with Gasteiger partial charge in [-0.1, -0.05) is 24.6 Å². The molecule has 118 valence electrons. The molecule has 1 saturated heterocycles. The molecule has 3 nitrogen and oxygen atoms in total. The Labute approximate surface area is 134 Å². The highest BCUT2D eigenvalue weighted by Gasteiger charge is 2.21. The SMILES string of the molecule is CCNCc1ccc(Cl)cc1N1CCC(CN(C)C)CC1. The fraction of sp³-hybridized carbons (Fsp3) is 0.647. The monoisotopic (exact) mass is 309 g/mol. The third kappa shape index (κ3) is 4.87. The number of benzene rings is 1. The van der Waals surface area contributed by atoms with Gasteiger partial charge in [-0.2, -0.15) is 0 Å². The number of anilines is 1. The fourth-order valence-corrected chi connectivity index (χ4v) is 3.28. The lowest BCUT2D eigenvalue weighted by atomic mass is 9.95. The van der Waals surface area contributed by atoms with Crippen LogP contribution < -0.4 is 10.2 Å². The molecule has 0 saturated carbocycles. The molecule has 1 aromatic rings. The van der Waals surface area contributed by atoms with Gasteiger partial charge >= 0.3 is 0 Å². The van der Waals surface area contributed by atoms with Crippen molar-refractivity contribution in [1.29, 1.82) is 0 Å². The van der Waals surface area contributed by atoms with Crippen LogP contribution in [0.1, 0.15) is 25.3 Å². The van der Waals surface area contributed by atoms with Gasteiger partial charge in [0.25, 0.3) is 0 Å². The van der Waals surface area contributed by atoms with Crippen molar-refractivity contribution in [2.24, 2.45) is 5.92 Å². The van der Waals surface area contributed by atoms with E-state index in [2.05, 4.69) is 48.3 Å². The van der Waals surface area contributed by atoms with E-state index < -0.39 is 0 Å². The Morgan fingerprint density at radius 1 is 1.29 bits per heavy atom. The molecule has 1 aromatic carbocycles. The Morgan fingerprint density at radius 3 is 2.62 bits per heavy atom. The zero-order chi connectivity index (χ0) is 15.2. The van der Waals surface area contributed by atoms with Gasteiger partial charge in [-0.05, 0) is 57.1 Å². The number of hydrogen-bond donors (Lipinski definition) is 1. The Bertz CT molecular complexity index is 440. The van der Waals surface area contributed by atoms with Crippen molar-refractivity contribution in [3.8, 4) is 0 Å². The maximum Gasteiger partial charge on any atom is 0.0426 e. The summed E-state index contributed by atoms with van der Waals surface area (Å²) in [6, 6.07) is 6.28. The quantitative estimate of drug-likeness (QED) is 0.870. The van der Waals surface area contributed by atoms with Gasteiger partial charge in [-0.15, -0.1) is 0 Å². The molecule has 0 spiro atoms. The number of nitrogens with one attached hydrogen (secondary N) is 1. The summed E-state index contributed by atoms with van der Waals surface area (Å²) < 4.78 is 0.